The lowest BCUT2D eigenvalue weighted by atomic mass is 10.1. The Labute approximate surface area is 338 Å². The molecule has 0 atom stereocenters. The van der Waals surface area contributed by atoms with E-state index in [-0.39, 0.29) is 58.0 Å². The first-order valence-corrected chi connectivity index (χ1v) is 17.4. The first-order chi connectivity index (χ1) is 25.0. The van der Waals surface area contributed by atoms with Crippen LogP contribution in [0.1, 0.15) is 63.7 Å². The molecular weight excluding hydrogens is 767 g/mol. The number of rotatable bonds is 12. The van der Waals surface area contributed by atoms with Gasteiger partial charge in [-0.05, 0) is 59.7 Å². The number of halogens is 2. The van der Waals surface area contributed by atoms with Gasteiger partial charge in [-0.25, -0.2) is 19.2 Å². The predicted octanol–water partition coefficient (Wildman–Crippen LogP) is -5.67. The summed E-state index contributed by atoms with van der Waals surface area (Å²) in [5, 5.41) is 37.6. The Balaban J connectivity index is 0.00000392. The van der Waals surface area contributed by atoms with Crippen LogP contribution in [0.4, 0.5) is 0 Å². The first-order valence-electron chi connectivity index (χ1n) is 17.4. The van der Waals surface area contributed by atoms with E-state index in [0.717, 1.165) is 74.6 Å². The minimum atomic E-state index is -0.963. The number of quaternary nitrogens is 2. The SMILES string of the molecule is O.O.O=C(O)c1ccc(CN2CC[NH+](Cc3ccc(C(=O)O)cc3)CCN(Cc3ccc(C(=O)O)cc3)CC[NH+](Cc3ccc(C(=O)O)cc3)CC2)cc1.[Cl-].[Cl-]. The molecule has 304 valence electrons. The summed E-state index contributed by atoms with van der Waals surface area (Å²) in [5.41, 5.74) is 5.12. The lowest BCUT2D eigenvalue weighted by Gasteiger charge is -2.32. The monoisotopic (exact) mass is 816 g/mol. The van der Waals surface area contributed by atoms with Crippen molar-refractivity contribution in [1.29, 1.82) is 0 Å². The second kappa shape index (κ2) is 23.9. The van der Waals surface area contributed by atoms with Gasteiger partial charge in [-0.2, -0.15) is 0 Å². The normalized spacial score (nSPS) is 16.5. The Kier molecular flexibility index (Phi) is 21.0. The number of hydrogen-bond acceptors (Lipinski definition) is 6. The number of carboxylic acids is 4. The minimum absolute atomic E-state index is 0. The molecule has 4 aromatic rings. The molecular formula is C40H50Cl2N4O10. The zero-order valence-electron chi connectivity index (χ0n) is 30.8. The van der Waals surface area contributed by atoms with Gasteiger partial charge in [0.05, 0.1) is 48.4 Å². The van der Waals surface area contributed by atoms with Crippen molar-refractivity contribution in [3.63, 3.8) is 0 Å². The predicted molar refractivity (Wildman–Crippen MR) is 200 cm³/mol. The summed E-state index contributed by atoms with van der Waals surface area (Å²) >= 11 is 0. The zero-order valence-corrected chi connectivity index (χ0v) is 32.3. The van der Waals surface area contributed by atoms with Crippen molar-refractivity contribution < 1.29 is 85.2 Å². The van der Waals surface area contributed by atoms with Crippen LogP contribution in [0.2, 0.25) is 0 Å². The number of carboxylic acid groups (broad SMARTS) is 4. The van der Waals surface area contributed by atoms with Gasteiger partial charge in [0.1, 0.15) is 13.1 Å². The van der Waals surface area contributed by atoms with Crippen LogP contribution in [0.5, 0.6) is 0 Å². The van der Waals surface area contributed by atoms with Gasteiger partial charge in [0, 0.05) is 50.4 Å². The standard InChI is InChI=1S/C40H44N4O8.2ClH.2H2O/c45-37(46)33-9-1-29(2-10-33)25-41-17-19-42(26-30-3-11-34(12-4-30)38(47)48)21-23-44(28-32-7-15-36(16-8-32)40(51)52)24-22-43(20-18-41)27-31-5-13-35(14-6-31)39(49)50;;;;/h1-16H,17-28H2,(H,45,46)(H,47,48)(H,49,50)(H,51,52);2*1H;2*1H2. The van der Waals surface area contributed by atoms with E-state index in [1.54, 1.807) is 48.5 Å². The molecule has 0 bridgehead atoms. The lowest BCUT2D eigenvalue weighted by molar-refractivity contribution is -0.918. The van der Waals surface area contributed by atoms with Gasteiger partial charge in [0.15, 0.2) is 0 Å². The van der Waals surface area contributed by atoms with Gasteiger partial charge < -0.3 is 66.0 Å². The van der Waals surface area contributed by atoms with E-state index in [4.69, 9.17) is 0 Å². The highest BCUT2D eigenvalue weighted by Crippen LogP contribution is 2.10. The van der Waals surface area contributed by atoms with Crippen molar-refractivity contribution >= 4 is 23.9 Å². The Hall–Kier alpha value is -4.90. The highest BCUT2D eigenvalue weighted by atomic mass is 35.5. The topological polar surface area (TPSA) is 228 Å². The Morgan fingerprint density at radius 2 is 0.625 bits per heavy atom. The molecule has 56 heavy (non-hydrogen) atoms. The van der Waals surface area contributed by atoms with Crippen molar-refractivity contribution in [2.24, 2.45) is 0 Å². The second-order valence-corrected chi connectivity index (χ2v) is 13.4. The van der Waals surface area contributed by atoms with Gasteiger partial charge >= 0.3 is 23.9 Å². The molecule has 0 aliphatic carbocycles. The van der Waals surface area contributed by atoms with E-state index in [0.29, 0.717) is 26.2 Å². The fourth-order valence-electron chi connectivity index (χ4n) is 6.54. The number of hydrogen-bond donors (Lipinski definition) is 6. The fraction of sp³-hybridized carbons (Fsp3) is 0.300. The fourth-order valence-corrected chi connectivity index (χ4v) is 6.54. The maximum absolute atomic E-state index is 11.5. The minimum Gasteiger partial charge on any atom is -1.00 e. The third-order valence-electron chi connectivity index (χ3n) is 9.65. The van der Waals surface area contributed by atoms with Crippen molar-refractivity contribution in [1.82, 2.24) is 9.80 Å². The number of carbonyl (C=O) groups is 4. The molecule has 1 saturated heterocycles. The largest absolute Gasteiger partial charge is 1.00 e. The summed E-state index contributed by atoms with van der Waals surface area (Å²) in [6.45, 7) is 9.13. The van der Waals surface area contributed by atoms with E-state index in [2.05, 4.69) is 9.80 Å². The summed E-state index contributed by atoms with van der Waals surface area (Å²) in [6, 6.07) is 28.1. The third kappa shape index (κ3) is 15.0. The van der Waals surface area contributed by atoms with Gasteiger partial charge in [-0.15, -0.1) is 0 Å². The highest BCUT2D eigenvalue weighted by molar-refractivity contribution is 5.88. The molecule has 1 aliphatic heterocycles. The first kappa shape index (κ1) is 49.1. The van der Waals surface area contributed by atoms with Crippen molar-refractivity contribution in [2.45, 2.75) is 26.2 Å². The van der Waals surface area contributed by atoms with Gasteiger partial charge in [0.25, 0.3) is 0 Å². The molecule has 0 unspecified atom stereocenters. The summed E-state index contributed by atoms with van der Waals surface area (Å²) in [4.78, 5) is 53.3. The molecule has 1 fully saturated rings. The molecule has 14 nitrogen and oxygen atoms in total. The van der Waals surface area contributed by atoms with Crippen LogP contribution in [0.15, 0.2) is 97.1 Å². The zero-order chi connectivity index (χ0) is 37.0. The Bertz CT molecular complexity index is 1540. The van der Waals surface area contributed by atoms with Crippen LogP contribution >= 0.6 is 0 Å². The van der Waals surface area contributed by atoms with Crippen molar-refractivity contribution in [3.05, 3.63) is 142 Å². The molecule has 1 aliphatic rings. The molecule has 0 amide bonds. The van der Waals surface area contributed by atoms with E-state index in [1.165, 1.54) is 9.80 Å². The highest BCUT2D eigenvalue weighted by Gasteiger charge is 2.22. The lowest BCUT2D eigenvalue weighted by Crippen LogP contribution is -3.13. The second-order valence-electron chi connectivity index (χ2n) is 13.4. The van der Waals surface area contributed by atoms with Crippen molar-refractivity contribution in [2.75, 3.05) is 52.4 Å². The number of nitrogens with one attached hydrogen (secondary N) is 2. The van der Waals surface area contributed by atoms with E-state index >= 15 is 0 Å². The van der Waals surface area contributed by atoms with Crippen LogP contribution < -0.4 is 34.6 Å². The number of aromatic carboxylic acids is 4. The van der Waals surface area contributed by atoms with E-state index in [1.807, 2.05) is 48.5 Å². The summed E-state index contributed by atoms with van der Waals surface area (Å²) in [6.07, 6.45) is 0. The van der Waals surface area contributed by atoms with Crippen LogP contribution in [0, 0.1) is 0 Å². The van der Waals surface area contributed by atoms with Gasteiger partial charge in [0.2, 0.25) is 0 Å². The summed E-state index contributed by atoms with van der Waals surface area (Å²) in [5.74, 6) is -3.85. The molecule has 4 aromatic carbocycles. The van der Waals surface area contributed by atoms with Crippen LogP contribution in [0.25, 0.3) is 0 Å². The quantitative estimate of drug-likeness (QED) is 0.0795. The maximum atomic E-state index is 11.5. The molecule has 10 N–H and O–H groups in total. The molecule has 5 rings (SSSR count). The Morgan fingerprint density at radius 1 is 0.411 bits per heavy atom. The molecule has 16 heteroatoms. The number of nitrogens with zero attached hydrogens (tertiary/aromatic N) is 2. The Morgan fingerprint density at radius 3 is 0.839 bits per heavy atom. The van der Waals surface area contributed by atoms with E-state index < -0.39 is 23.9 Å². The van der Waals surface area contributed by atoms with E-state index in [9.17, 15) is 39.6 Å². The molecule has 1 heterocycles. The average Bonchev–Trinajstić information content (AvgIpc) is 3.13. The third-order valence-corrected chi connectivity index (χ3v) is 9.65. The van der Waals surface area contributed by atoms with Crippen LogP contribution in [-0.2, 0) is 26.2 Å². The number of benzene rings is 4. The maximum Gasteiger partial charge on any atom is 0.335 e. The molecule has 0 spiro atoms. The average molecular weight is 818 g/mol. The van der Waals surface area contributed by atoms with Crippen LogP contribution in [0.3, 0.4) is 0 Å². The summed E-state index contributed by atoms with van der Waals surface area (Å²) in [7, 11) is 0. The van der Waals surface area contributed by atoms with Gasteiger partial charge in [-0.1, -0.05) is 48.5 Å². The van der Waals surface area contributed by atoms with Gasteiger partial charge in [-0.3, -0.25) is 9.80 Å². The van der Waals surface area contributed by atoms with Crippen molar-refractivity contribution in [3.8, 4) is 0 Å². The molecule has 0 saturated carbocycles. The molecule has 0 radical (unpaired) electrons. The molecule has 0 aromatic heterocycles. The smallest absolute Gasteiger partial charge is 0.335 e. The summed E-state index contributed by atoms with van der Waals surface area (Å²) < 4.78 is 0. The van der Waals surface area contributed by atoms with Crippen LogP contribution in [-0.4, -0.2) is 117 Å².